The lowest BCUT2D eigenvalue weighted by Crippen LogP contribution is -2.10. The van der Waals surface area contributed by atoms with Crippen molar-refractivity contribution in [3.05, 3.63) is 29.8 Å². The highest BCUT2D eigenvalue weighted by Crippen LogP contribution is 2.26. The van der Waals surface area contributed by atoms with Gasteiger partial charge in [0.2, 0.25) is 0 Å². The number of hydrogen-bond donors (Lipinski definition) is 2. The first kappa shape index (κ1) is 9.13. The fourth-order valence-electron chi connectivity index (χ4n) is 1.62. The molecular formula is C12H16N2. The standard InChI is InChI=1S/C12H16N2/c1-12(2,3)9-4-5-10-8(6-9)7-11(13)14-10/h4-7,14H,13H2,1-3H3. The van der Waals surface area contributed by atoms with Crippen LogP contribution in [-0.4, -0.2) is 4.98 Å². The van der Waals surface area contributed by atoms with Crippen molar-refractivity contribution in [2.45, 2.75) is 26.2 Å². The fourth-order valence-corrected chi connectivity index (χ4v) is 1.62. The molecular weight excluding hydrogens is 172 g/mol. The minimum absolute atomic E-state index is 0.195. The van der Waals surface area contributed by atoms with Crippen molar-refractivity contribution in [1.29, 1.82) is 0 Å². The minimum Gasteiger partial charge on any atom is -0.385 e. The summed E-state index contributed by atoms with van der Waals surface area (Å²) >= 11 is 0. The highest BCUT2D eigenvalue weighted by Gasteiger charge is 2.13. The summed E-state index contributed by atoms with van der Waals surface area (Å²) in [5.41, 5.74) is 8.33. The van der Waals surface area contributed by atoms with Gasteiger partial charge in [-0.05, 0) is 29.2 Å². The molecule has 0 saturated carbocycles. The molecule has 0 aliphatic carbocycles. The molecule has 0 aliphatic rings. The zero-order chi connectivity index (χ0) is 10.3. The Morgan fingerprint density at radius 2 is 1.86 bits per heavy atom. The van der Waals surface area contributed by atoms with Crippen LogP contribution >= 0.6 is 0 Å². The predicted molar refractivity (Wildman–Crippen MR) is 61.4 cm³/mol. The highest BCUT2D eigenvalue weighted by molar-refractivity contribution is 5.84. The number of rotatable bonds is 0. The van der Waals surface area contributed by atoms with Gasteiger partial charge < -0.3 is 10.7 Å². The van der Waals surface area contributed by atoms with Gasteiger partial charge in [0.15, 0.2) is 0 Å². The first-order chi connectivity index (χ1) is 6.47. The van der Waals surface area contributed by atoms with Gasteiger partial charge in [0, 0.05) is 10.9 Å². The van der Waals surface area contributed by atoms with E-state index in [4.69, 9.17) is 5.73 Å². The average molecular weight is 188 g/mol. The summed E-state index contributed by atoms with van der Waals surface area (Å²) in [5.74, 6) is 0.728. The molecule has 0 atom stereocenters. The molecule has 0 amide bonds. The lowest BCUT2D eigenvalue weighted by Gasteiger charge is -2.18. The monoisotopic (exact) mass is 188 g/mol. The van der Waals surface area contributed by atoms with Crippen LogP contribution in [0.3, 0.4) is 0 Å². The second-order valence-corrected chi connectivity index (χ2v) is 4.78. The van der Waals surface area contributed by atoms with Gasteiger partial charge in [-0.1, -0.05) is 26.8 Å². The largest absolute Gasteiger partial charge is 0.385 e. The Morgan fingerprint density at radius 1 is 1.14 bits per heavy atom. The first-order valence-electron chi connectivity index (χ1n) is 4.85. The number of aromatic nitrogens is 1. The fraction of sp³-hybridized carbons (Fsp3) is 0.333. The molecule has 1 heterocycles. The number of anilines is 1. The first-order valence-corrected chi connectivity index (χ1v) is 4.85. The van der Waals surface area contributed by atoms with E-state index in [-0.39, 0.29) is 5.41 Å². The second-order valence-electron chi connectivity index (χ2n) is 4.78. The Labute approximate surface area is 84.1 Å². The normalized spacial score (nSPS) is 12.2. The third kappa shape index (κ3) is 1.48. The number of nitrogen functional groups attached to an aromatic ring is 1. The maximum Gasteiger partial charge on any atom is 0.101 e. The van der Waals surface area contributed by atoms with Crippen LogP contribution in [0.2, 0.25) is 0 Å². The van der Waals surface area contributed by atoms with E-state index < -0.39 is 0 Å². The van der Waals surface area contributed by atoms with E-state index in [0.717, 1.165) is 11.3 Å². The number of hydrogen-bond acceptors (Lipinski definition) is 1. The van der Waals surface area contributed by atoms with Gasteiger partial charge in [0.25, 0.3) is 0 Å². The van der Waals surface area contributed by atoms with Crippen LogP contribution in [0.1, 0.15) is 26.3 Å². The van der Waals surface area contributed by atoms with E-state index in [9.17, 15) is 0 Å². The maximum absolute atomic E-state index is 5.69. The molecule has 74 valence electrons. The Kier molecular flexibility index (Phi) is 1.81. The number of nitrogens with two attached hydrogens (primary N) is 1. The molecule has 14 heavy (non-hydrogen) atoms. The molecule has 2 aromatic rings. The lowest BCUT2D eigenvalue weighted by atomic mass is 9.86. The van der Waals surface area contributed by atoms with E-state index >= 15 is 0 Å². The lowest BCUT2D eigenvalue weighted by molar-refractivity contribution is 0.591. The topological polar surface area (TPSA) is 41.8 Å². The molecule has 2 rings (SSSR count). The zero-order valence-corrected chi connectivity index (χ0v) is 8.89. The third-order valence-corrected chi connectivity index (χ3v) is 2.51. The molecule has 0 fully saturated rings. The van der Waals surface area contributed by atoms with Crippen LogP contribution in [0.25, 0.3) is 10.9 Å². The van der Waals surface area contributed by atoms with E-state index in [1.54, 1.807) is 0 Å². The van der Waals surface area contributed by atoms with Crippen molar-refractivity contribution in [1.82, 2.24) is 4.98 Å². The van der Waals surface area contributed by atoms with Gasteiger partial charge in [-0.15, -0.1) is 0 Å². The summed E-state index contributed by atoms with van der Waals surface area (Å²) in [6, 6.07) is 8.41. The molecule has 0 aliphatic heterocycles. The van der Waals surface area contributed by atoms with E-state index in [0.29, 0.717) is 0 Å². The van der Waals surface area contributed by atoms with Crippen LogP contribution in [0, 0.1) is 0 Å². The number of fused-ring (bicyclic) bond motifs is 1. The molecule has 0 spiro atoms. The molecule has 0 bridgehead atoms. The molecule has 2 heteroatoms. The Balaban J connectivity index is 2.62. The van der Waals surface area contributed by atoms with Crippen molar-refractivity contribution >= 4 is 16.7 Å². The van der Waals surface area contributed by atoms with Gasteiger partial charge in [-0.25, -0.2) is 0 Å². The van der Waals surface area contributed by atoms with E-state index in [1.807, 2.05) is 6.07 Å². The highest BCUT2D eigenvalue weighted by atomic mass is 14.8. The Bertz CT molecular complexity index is 461. The van der Waals surface area contributed by atoms with Crippen LogP contribution in [-0.2, 0) is 5.41 Å². The molecule has 0 unspecified atom stereocenters. The van der Waals surface area contributed by atoms with Crippen LogP contribution in [0.5, 0.6) is 0 Å². The summed E-state index contributed by atoms with van der Waals surface area (Å²) < 4.78 is 0. The van der Waals surface area contributed by atoms with Gasteiger partial charge >= 0.3 is 0 Å². The Morgan fingerprint density at radius 3 is 2.50 bits per heavy atom. The SMILES string of the molecule is CC(C)(C)c1ccc2[nH]c(N)cc2c1. The van der Waals surface area contributed by atoms with Crippen LogP contribution in [0.15, 0.2) is 24.3 Å². The smallest absolute Gasteiger partial charge is 0.101 e. The van der Waals surface area contributed by atoms with Gasteiger partial charge in [-0.2, -0.15) is 0 Å². The minimum atomic E-state index is 0.195. The molecule has 0 radical (unpaired) electrons. The average Bonchev–Trinajstić information content (AvgIpc) is 2.41. The summed E-state index contributed by atoms with van der Waals surface area (Å²) in [6.07, 6.45) is 0. The van der Waals surface area contributed by atoms with Crippen molar-refractivity contribution in [2.75, 3.05) is 5.73 Å². The predicted octanol–water partition coefficient (Wildman–Crippen LogP) is 3.05. The second kappa shape index (κ2) is 2.77. The number of aromatic amines is 1. The van der Waals surface area contributed by atoms with Gasteiger partial charge in [0.05, 0.1) is 0 Å². The molecule has 2 nitrogen and oxygen atoms in total. The van der Waals surface area contributed by atoms with Crippen LogP contribution in [0.4, 0.5) is 5.82 Å². The summed E-state index contributed by atoms with van der Waals surface area (Å²) in [7, 11) is 0. The quantitative estimate of drug-likeness (QED) is 0.655. The Hall–Kier alpha value is -1.44. The van der Waals surface area contributed by atoms with Crippen molar-refractivity contribution < 1.29 is 0 Å². The van der Waals surface area contributed by atoms with Crippen molar-refractivity contribution in [3.8, 4) is 0 Å². The number of nitrogens with one attached hydrogen (secondary N) is 1. The van der Waals surface area contributed by atoms with E-state index in [1.165, 1.54) is 10.9 Å². The van der Waals surface area contributed by atoms with Crippen molar-refractivity contribution in [2.24, 2.45) is 0 Å². The third-order valence-electron chi connectivity index (χ3n) is 2.51. The van der Waals surface area contributed by atoms with Gasteiger partial charge in [0.1, 0.15) is 5.82 Å². The molecule has 0 saturated heterocycles. The number of benzene rings is 1. The number of H-pyrrole nitrogens is 1. The molecule has 1 aromatic carbocycles. The maximum atomic E-state index is 5.69. The summed E-state index contributed by atoms with van der Waals surface area (Å²) in [4.78, 5) is 3.11. The summed E-state index contributed by atoms with van der Waals surface area (Å²) in [5, 5.41) is 1.19. The molecule has 1 aromatic heterocycles. The molecule has 3 N–H and O–H groups in total. The van der Waals surface area contributed by atoms with Crippen LogP contribution < -0.4 is 5.73 Å². The summed E-state index contributed by atoms with van der Waals surface area (Å²) in [6.45, 7) is 6.64. The van der Waals surface area contributed by atoms with Crippen molar-refractivity contribution in [3.63, 3.8) is 0 Å². The van der Waals surface area contributed by atoms with E-state index in [2.05, 4.69) is 44.0 Å². The zero-order valence-electron chi connectivity index (χ0n) is 8.89. The van der Waals surface area contributed by atoms with Gasteiger partial charge in [-0.3, -0.25) is 0 Å².